The summed E-state index contributed by atoms with van der Waals surface area (Å²) in [5, 5.41) is 1.07. The summed E-state index contributed by atoms with van der Waals surface area (Å²) in [6.07, 6.45) is 0. The average molecular weight is 425 g/mol. The van der Waals surface area contributed by atoms with E-state index in [1.165, 1.54) is 16.0 Å². The van der Waals surface area contributed by atoms with E-state index in [-0.39, 0.29) is 8.77 Å². The van der Waals surface area contributed by atoms with Crippen molar-refractivity contribution in [3.8, 4) is 0 Å². The minimum atomic E-state index is -0.343. The first-order valence-corrected chi connectivity index (χ1v) is 9.12. The molecule has 4 heteroatoms. The summed E-state index contributed by atoms with van der Waals surface area (Å²) in [6, 6.07) is 18.8. The number of alkyl halides is 2. The summed E-state index contributed by atoms with van der Waals surface area (Å²) in [7, 11) is 0. The second-order valence-electron chi connectivity index (χ2n) is 5.51. The first-order valence-electron chi connectivity index (χ1n) is 6.72. The number of rotatable bonds is 1. The lowest BCUT2D eigenvalue weighted by atomic mass is 9.89. The fourth-order valence-electron chi connectivity index (χ4n) is 2.34. The van der Waals surface area contributed by atoms with Gasteiger partial charge in [0.25, 0.3) is 0 Å². The van der Waals surface area contributed by atoms with Crippen molar-refractivity contribution in [1.82, 2.24) is 0 Å². The van der Waals surface area contributed by atoms with Crippen molar-refractivity contribution >= 4 is 48.7 Å². The molecule has 0 spiro atoms. The zero-order valence-electron chi connectivity index (χ0n) is 11.8. The van der Waals surface area contributed by atoms with Crippen LogP contribution in [0.15, 0.2) is 64.5 Å². The number of aliphatic imine (C=N–C) groups is 1. The molecule has 1 aliphatic heterocycles. The quantitative estimate of drug-likeness (QED) is 0.514. The van der Waals surface area contributed by atoms with Gasteiger partial charge in [0.05, 0.1) is 5.54 Å². The van der Waals surface area contributed by atoms with E-state index in [0.717, 1.165) is 5.04 Å². The normalized spacial score (nSPS) is 18.8. The van der Waals surface area contributed by atoms with E-state index in [1.807, 2.05) is 6.07 Å². The zero-order chi connectivity index (χ0) is 15.1. The minimum absolute atomic E-state index is 0.279. The molecule has 1 aliphatic rings. The molecule has 0 amide bonds. The highest BCUT2D eigenvalue weighted by atomic mass is 79.9. The van der Waals surface area contributed by atoms with Crippen LogP contribution in [0.2, 0.25) is 0 Å². The Balaban J connectivity index is 2.10. The van der Waals surface area contributed by atoms with Gasteiger partial charge in [-0.25, -0.2) is 0 Å². The minimum Gasteiger partial charge on any atom is -0.269 e. The van der Waals surface area contributed by atoms with Crippen molar-refractivity contribution in [1.29, 1.82) is 0 Å². The number of thioether (sulfide) groups is 1. The van der Waals surface area contributed by atoms with Gasteiger partial charge in [-0.3, -0.25) is 4.99 Å². The molecule has 1 heterocycles. The van der Waals surface area contributed by atoms with Crippen LogP contribution in [0.5, 0.6) is 0 Å². The van der Waals surface area contributed by atoms with E-state index < -0.39 is 0 Å². The highest BCUT2D eigenvalue weighted by Gasteiger charge is 2.47. The predicted molar refractivity (Wildman–Crippen MR) is 98.9 cm³/mol. The van der Waals surface area contributed by atoms with Gasteiger partial charge in [0, 0.05) is 10.5 Å². The van der Waals surface area contributed by atoms with E-state index in [0.29, 0.717) is 0 Å². The molecule has 0 aromatic heterocycles. The molecule has 0 fully saturated rings. The Bertz CT molecular complexity index is 693. The SMILES string of the molecule is CC1(C)N=C(Sc2ccccc2)c2ccccc2C1(Br)Br. The van der Waals surface area contributed by atoms with Crippen LogP contribution in [0.1, 0.15) is 25.0 Å². The van der Waals surface area contributed by atoms with Crippen molar-refractivity contribution in [2.24, 2.45) is 4.99 Å². The average Bonchev–Trinajstić information content (AvgIpc) is 2.46. The molecule has 0 unspecified atom stereocenters. The third-order valence-electron chi connectivity index (χ3n) is 3.60. The van der Waals surface area contributed by atoms with Crippen molar-refractivity contribution < 1.29 is 0 Å². The molecule has 1 nitrogen and oxygen atoms in total. The van der Waals surface area contributed by atoms with Crippen LogP contribution in [0.4, 0.5) is 0 Å². The molecule has 2 aromatic rings. The van der Waals surface area contributed by atoms with Gasteiger partial charge in [0.2, 0.25) is 0 Å². The number of hydrogen-bond donors (Lipinski definition) is 0. The summed E-state index contributed by atoms with van der Waals surface area (Å²) in [5.74, 6) is 0. The Morgan fingerprint density at radius 1 is 0.905 bits per heavy atom. The molecule has 21 heavy (non-hydrogen) atoms. The molecular weight excluding hydrogens is 410 g/mol. The van der Waals surface area contributed by atoms with E-state index >= 15 is 0 Å². The molecule has 0 atom stereocenters. The van der Waals surface area contributed by atoms with Crippen molar-refractivity contribution in [3.05, 3.63) is 65.7 Å². The predicted octanol–water partition coefficient (Wildman–Crippen LogP) is 5.96. The van der Waals surface area contributed by atoms with Crippen LogP contribution in [-0.4, -0.2) is 10.6 Å². The van der Waals surface area contributed by atoms with E-state index in [1.54, 1.807) is 11.8 Å². The van der Waals surface area contributed by atoms with E-state index in [4.69, 9.17) is 4.99 Å². The fraction of sp³-hybridized carbons (Fsp3) is 0.235. The number of halogens is 2. The van der Waals surface area contributed by atoms with E-state index in [2.05, 4.69) is 94.2 Å². The van der Waals surface area contributed by atoms with Gasteiger partial charge in [-0.2, -0.15) is 0 Å². The lowest BCUT2D eigenvalue weighted by Crippen LogP contribution is -2.41. The Morgan fingerprint density at radius 2 is 1.52 bits per heavy atom. The number of hydrogen-bond acceptors (Lipinski definition) is 2. The van der Waals surface area contributed by atoms with Crippen molar-refractivity contribution in [2.75, 3.05) is 0 Å². The van der Waals surface area contributed by atoms with Gasteiger partial charge in [-0.15, -0.1) is 0 Å². The lowest BCUT2D eigenvalue weighted by Gasteiger charge is -2.40. The van der Waals surface area contributed by atoms with Crippen molar-refractivity contribution in [2.45, 2.75) is 27.5 Å². The van der Waals surface area contributed by atoms with Gasteiger partial charge in [0.1, 0.15) is 8.28 Å². The molecule has 0 bridgehead atoms. The molecule has 0 N–H and O–H groups in total. The van der Waals surface area contributed by atoms with Crippen LogP contribution in [-0.2, 0) is 3.23 Å². The maximum atomic E-state index is 4.99. The zero-order valence-corrected chi connectivity index (χ0v) is 15.8. The van der Waals surface area contributed by atoms with Gasteiger partial charge in [-0.1, -0.05) is 86.1 Å². The maximum absolute atomic E-state index is 4.99. The Labute approximate surface area is 146 Å². The lowest BCUT2D eigenvalue weighted by molar-refractivity contribution is 0.487. The molecular formula is C17H15Br2NS. The van der Waals surface area contributed by atoms with Gasteiger partial charge >= 0.3 is 0 Å². The van der Waals surface area contributed by atoms with Gasteiger partial charge in [-0.05, 0) is 31.5 Å². The summed E-state index contributed by atoms with van der Waals surface area (Å²) in [4.78, 5) is 6.20. The molecule has 3 rings (SSSR count). The topological polar surface area (TPSA) is 12.4 Å². The van der Waals surface area contributed by atoms with Crippen LogP contribution >= 0.6 is 43.6 Å². The number of nitrogens with zero attached hydrogens (tertiary/aromatic N) is 1. The van der Waals surface area contributed by atoms with Crippen molar-refractivity contribution in [3.63, 3.8) is 0 Å². The highest BCUT2D eigenvalue weighted by Crippen LogP contribution is 2.53. The maximum Gasteiger partial charge on any atom is 0.130 e. The standard InChI is InChI=1S/C17H15Br2NS/c1-16(2)17(18,19)14-11-7-6-10-13(14)15(20-16)21-12-8-4-3-5-9-12/h3-11H,1-2H3. The smallest absolute Gasteiger partial charge is 0.130 e. The summed E-state index contributed by atoms with van der Waals surface area (Å²) in [6.45, 7) is 4.27. The third-order valence-corrected chi connectivity index (χ3v) is 7.41. The number of fused-ring (bicyclic) bond motifs is 1. The third kappa shape index (κ3) is 2.73. The summed E-state index contributed by atoms with van der Waals surface area (Å²) in [5.41, 5.74) is 2.13. The molecule has 0 aliphatic carbocycles. The monoisotopic (exact) mass is 423 g/mol. The van der Waals surface area contributed by atoms with Crippen LogP contribution in [0.25, 0.3) is 0 Å². The first-order chi connectivity index (χ1) is 9.92. The Hall–Kier alpha value is -0.580. The van der Waals surface area contributed by atoms with Crippen LogP contribution in [0, 0.1) is 0 Å². The highest BCUT2D eigenvalue weighted by molar-refractivity contribution is 9.24. The summed E-state index contributed by atoms with van der Waals surface area (Å²) < 4.78 is -0.343. The van der Waals surface area contributed by atoms with Gasteiger partial charge < -0.3 is 0 Å². The Kier molecular flexibility index (Phi) is 4.06. The molecule has 2 aromatic carbocycles. The molecule has 0 saturated heterocycles. The molecule has 0 radical (unpaired) electrons. The summed E-state index contributed by atoms with van der Waals surface area (Å²) >= 11 is 9.37. The first kappa shape index (κ1) is 15.3. The fourth-order valence-corrected chi connectivity index (χ4v) is 4.28. The molecule has 0 saturated carbocycles. The van der Waals surface area contributed by atoms with Crippen LogP contribution in [0.3, 0.4) is 0 Å². The van der Waals surface area contributed by atoms with Gasteiger partial charge in [0.15, 0.2) is 0 Å². The molecule has 108 valence electrons. The second-order valence-corrected chi connectivity index (χ2v) is 10.0. The van der Waals surface area contributed by atoms with E-state index in [9.17, 15) is 0 Å². The Morgan fingerprint density at radius 3 is 2.24 bits per heavy atom. The van der Waals surface area contributed by atoms with Crippen LogP contribution < -0.4 is 0 Å². The number of benzene rings is 2. The largest absolute Gasteiger partial charge is 0.269 e. The second kappa shape index (κ2) is 5.56.